The lowest BCUT2D eigenvalue weighted by molar-refractivity contribution is -0.125. The topological polar surface area (TPSA) is 79.3 Å². The van der Waals surface area contributed by atoms with Crippen LogP contribution in [0.2, 0.25) is 0 Å². The van der Waals surface area contributed by atoms with Crippen molar-refractivity contribution in [2.45, 2.75) is 25.8 Å². The molecular formula is C15H15BrN2O3S. The van der Waals surface area contributed by atoms with Gasteiger partial charge < -0.3 is 10.4 Å². The fourth-order valence-corrected chi connectivity index (χ4v) is 2.98. The summed E-state index contributed by atoms with van der Waals surface area (Å²) in [6.07, 6.45) is 0. The number of aromatic carboxylic acids is 1. The molecule has 0 saturated carbocycles. The van der Waals surface area contributed by atoms with Crippen molar-refractivity contribution in [2.75, 3.05) is 0 Å². The number of carboxylic acids is 1. The van der Waals surface area contributed by atoms with Crippen molar-refractivity contribution >= 4 is 39.1 Å². The summed E-state index contributed by atoms with van der Waals surface area (Å²) in [6, 6.07) is 7.59. The maximum absolute atomic E-state index is 12.4. The van der Waals surface area contributed by atoms with Gasteiger partial charge in [0.2, 0.25) is 5.91 Å². The van der Waals surface area contributed by atoms with E-state index >= 15 is 0 Å². The van der Waals surface area contributed by atoms with Gasteiger partial charge in [0, 0.05) is 9.85 Å². The Morgan fingerprint density at radius 3 is 2.73 bits per heavy atom. The second kappa shape index (κ2) is 6.58. The number of benzene rings is 1. The Morgan fingerprint density at radius 1 is 1.41 bits per heavy atom. The molecule has 2 aromatic rings. The van der Waals surface area contributed by atoms with E-state index in [0.717, 1.165) is 10.0 Å². The third kappa shape index (κ3) is 3.72. The van der Waals surface area contributed by atoms with Crippen molar-refractivity contribution in [3.05, 3.63) is 50.4 Å². The quantitative estimate of drug-likeness (QED) is 0.831. The van der Waals surface area contributed by atoms with Gasteiger partial charge in [-0.05, 0) is 31.5 Å². The Hall–Kier alpha value is -1.73. The van der Waals surface area contributed by atoms with Crippen molar-refractivity contribution in [2.24, 2.45) is 0 Å². The van der Waals surface area contributed by atoms with Crippen LogP contribution in [0.15, 0.2) is 34.1 Å². The number of nitrogens with one attached hydrogen (secondary N) is 1. The fourth-order valence-electron chi connectivity index (χ4n) is 1.88. The standard InChI is InChI=1S/C15H15BrN2O3S/c1-15(2,9-4-3-5-10(16)6-9)14(21)17-7-12-18-11(8-22-12)13(19)20/h3-6,8H,7H2,1-2H3,(H,17,21)(H,19,20). The predicted octanol–water partition coefficient (Wildman–Crippen LogP) is 3.20. The van der Waals surface area contributed by atoms with Crippen LogP contribution in [0.5, 0.6) is 0 Å². The zero-order valence-electron chi connectivity index (χ0n) is 12.1. The normalized spacial score (nSPS) is 11.2. The molecule has 0 radical (unpaired) electrons. The number of aromatic nitrogens is 1. The summed E-state index contributed by atoms with van der Waals surface area (Å²) >= 11 is 4.61. The minimum atomic E-state index is -1.07. The van der Waals surface area contributed by atoms with Gasteiger partial charge in [-0.3, -0.25) is 4.79 Å². The zero-order chi connectivity index (χ0) is 16.3. The highest BCUT2D eigenvalue weighted by molar-refractivity contribution is 9.10. The van der Waals surface area contributed by atoms with Gasteiger partial charge in [-0.15, -0.1) is 11.3 Å². The number of thiazole rings is 1. The van der Waals surface area contributed by atoms with Crippen LogP contribution in [-0.4, -0.2) is 22.0 Å². The van der Waals surface area contributed by atoms with Crippen LogP contribution in [0, 0.1) is 0 Å². The largest absolute Gasteiger partial charge is 0.476 e. The molecule has 1 heterocycles. The number of carbonyl (C=O) groups is 2. The van der Waals surface area contributed by atoms with Gasteiger partial charge in [0.25, 0.3) is 0 Å². The molecule has 0 spiro atoms. The Morgan fingerprint density at radius 2 is 2.14 bits per heavy atom. The van der Waals surface area contributed by atoms with Crippen molar-refractivity contribution in [1.29, 1.82) is 0 Å². The molecule has 0 aliphatic carbocycles. The van der Waals surface area contributed by atoms with Crippen LogP contribution in [0.1, 0.15) is 34.9 Å². The second-order valence-corrected chi connectivity index (χ2v) is 7.11. The van der Waals surface area contributed by atoms with E-state index in [9.17, 15) is 9.59 Å². The van der Waals surface area contributed by atoms with Crippen LogP contribution in [0.25, 0.3) is 0 Å². The van der Waals surface area contributed by atoms with Gasteiger partial charge in [-0.25, -0.2) is 9.78 Å². The first-order chi connectivity index (χ1) is 10.3. The van der Waals surface area contributed by atoms with E-state index in [1.807, 2.05) is 38.1 Å². The number of nitrogens with zero attached hydrogens (tertiary/aromatic N) is 1. The van der Waals surface area contributed by atoms with Crippen LogP contribution in [0.3, 0.4) is 0 Å². The third-order valence-electron chi connectivity index (χ3n) is 3.28. The minimum absolute atomic E-state index is 0.000462. The van der Waals surface area contributed by atoms with E-state index in [1.165, 1.54) is 16.7 Å². The predicted molar refractivity (Wildman–Crippen MR) is 88.1 cm³/mol. The highest BCUT2D eigenvalue weighted by atomic mass is 79.9. The van der Waals surface area contributed by atoms with Crippen LogP contribution >= 0.6 is 27.3 Å². The van der Waals surface area contributed by atoms with Crippen molar-refractivity contribution in [3.63, 3.8) is 0 Å². The number of halogens is 1. The Kier molecular flexibility index (Phi) is 4.97. The molecule has 7 heteroatoms. The molecule has 0 aliphatic rings. The number of amides is 1. The molecule has 0 fully saturated rings. The summed E-state index contributed by atoms with van der Waals surface area (Å²) in [7, 11) is 0. The first kappa shape index (κ1) is 16.6. The monoisotopic (exact) mass is 382 g/mol. The average molecular weight is 383 g/mol. The van der Waals surface area contributed by atoms with Gasteiger partial charge in [0.05, 0.1) is 12.0 Å². The van der Waals surface area contributed by atoms with Crippen LogP contribution in [0.4, 0.5) is 0 Å². The minimum Gasteiger partial charge on any atom is -0.476 e. The Labute approximate surface area is 140 Å². The lowest BCUT2D eigenvalue weighted by Crippen LogP contribution is -2.39. The van der Waals surface area contributed by atoms with Gasteiger partial charge in [0.15, 0.2) is 5.69 Å². The van der Waals surface area contributed by atoms with Crippen LogP contribution < -0.4 is 5.32 Å². The zero-order valence-corrected chi connectivity index (χ0v) is 14.5. The first-order valence-electron chi connectivity index (χ1n) is 6.53. The maximum Gasteiger partial charge on any atom is 0.355 e. The molecule has 1 amide bonds. The summed E-state index contributed by atoms with van der Waals surface area (Å²) in [6.45, 7) is 3.90. The molecular weight excluding hydrogens is 368 g/mol. The van der Waals surface area contributed by atoms with Gasteiger partial charge in [-0.2, -0.15) is 0 Å². The molecule has 0 aliphatic heterocycles. The van der Waals surface area contributed by atoms with E-state index in [1.54, 1.807) is 0 Å². The molecule has 0 atom stereocenters. The number of hydrogen-bond acceptors (Lipinski definition) is 4. The first-order valence-corrected chi connectivity index (χ1v) is 8.20. The van der Waals surface area contributed by atoms with E-state index in [2.05, 4.69) is 26.2 Å². The molecule has 2 N–H and O–H groups in total. The van der Waals surface area contributed by atoms with E-state index in [-0.39, 0.29) is 18.1 Å². The summed E-state index contributed by atoms with van der Waals surface area (Å²) in [5, 5.41) is 13.7. The summed E-state index contributed by atoms with van der Waals surface area (Å²) in [4.78, 5) is 27.2. The molecule has 2 rings (SSSR count). The highest BCUT2D eigenvalue weighted by Crippen LogP contribution is 2.26. The molecule has 1 aromatic heterocycles. The van der Waals surface area contributed by atoms with E-state index < -0.39 is 11.4 Å². The lowest BCUT2D eigenvalue weighted by Gasteiger charge is -2.24. The molecule has 116 valence electrons. The number of hydrogen-bond donors (Lipinski definition) is 2. The molecule has 0 bridgehead atoms. The van der Waals surface area contributed by atoms with E-state index in [0.29, 0.717) is 5.01 Å². The van der Waals surface area contributed by atoms with Gasteiger partial charge in [0.1, 0.15) is 5.01 Å². The third-order valence-corrected chi connectivity index (χ3v) is 4.63. The molecule has 0 unspecified atom stereocenters. The lowest BCUT2D eigenvalue weighted by atomic mass is 9.84. The van der Waals surface area contributed by atoms with E-state index in [4.69, 9.17) is 5.11 Å². The Balaban J connectivity index is 2.05. The smallest absolute Gasteiger partial charge is 0.355 e. The second-order valence-electron chi connectivity index (χ2n) is 5.25. The number of rotatable bonds is 5. The Bertz CT molecular complexity index is 712. The van der Waals surface area contributed by atoms with Gasteiger partial charge >= 0.3 is 5.97 Å². The molecule has 5 nitrogen and oxygen atoms in total. The van der Waals surface area contributed by atoms with Crippen molar-refractivity contribution in [3.8, 4) is 0 Å². The average Bonchev–Trinajstić information content (AvgIpc) is 2.93. The van der Waals surface area contributed by atoms with Gasteiger partial charge in [-0.1, -0.05) is 28.1 Å². The van der Waals surface area contributed by atoms with Crippen LogP contribution in [-0.2, 0) is 16.8 Å². The summed E-state index contributed by atoms with van der Waals surface area (Å²) < 4.78 is 0.914. The molecule has 22 heavy (non-hydrogen) atoms. The molecule has 0 saturated heterocycles. The SMILES string of the molecule is CC(C)(C(=O)NCc1nc(C(=O)O)cs1)c1cccc(Br)c1. The molecule has 1 aromatic carbocycles. The number of carboxylic acid groups (broad SMARTS) is 1. The van der Waals surface area contributed by atoms with Crippen molar-refractivity contribution in [1.82, 2.24) is 10.3 Å². The van der Waals surface area contributed by atoms with Crippen molar-refractivity contribution < 1.29 is 14.7 Å². The highest BCUT2D eigenvalue weighted by Gasteiger charge is 2.29. The fraction of sp³-hybridized carbons (Fsp3) is 0.267. The summed E-state index contributed by atoms with van der Waals surface area (Å²) in [5.74, 6) is -1.21. The maximum atomic E-state index is 12.4. The summed E-state index contributed by atoms with van der Waals surface area (Å²) in [5.41, 5.74) is 0.196. The number of carbonyl (C=O) groups excluding carboxylic acids is 1.